The number of hydrogen-bond acceptors (Lipinski definition) is 4. The quantitative estimate of drug-likeness (QED) is 0.459. The van der Waals surface area contributed by atoms with E-state index >= 15 is 0 Å². The van der Waals surface area contributed by atoms with Crippen LogP contribution in [0, 0.1) is 0 Å². The molecular weight excluding hydrogens is 392 g/mol. The first-order chi connectivity index (χ1) is 15.2. The number of carbonyl (C=O) groups excluding carboxylic acids is 2. The van der Waals surface area contributed by atoms with Gasteiger partial charge in [0, 0.05) is 5.39 Å². The molecule has 4 aromatic rings. The summed E-state index contributed by atoms with van der Waals surface area (Å²) >= 11 is 0. The average Bonchev–Trinajstić information content (AvgIpc) is 3.25. The monoisotopic (exact) mass is 414 g/mol. The van der Waals surface area contributed by atoms with Gasteiger partial charge in [-0.05, 0) is 29.8 Å². The van der Waals surface area contributed by atoms with Crippen LogP contribution in [0.15, 0.2) is 95.4 Å². The van der Waals surface area contributed by atoms with Gasteiger partial charge in [0.1, 0.15) is 23.1 Å². The molecule has 2 N–H and O–H groups in total. The topological polar surface area (TPSA) is 80.6 Å². The molecule has 1 heterocycles. The third-order valence-corrected chi connectivity index (χ3v) is 4.73. The molecule has 1 unspecified atom stereocenters. The number of carbonyl (C=O) groups is 2. The standard InChI is InChI=1S/C25H22N2O4/c28-23(16-26-24(29)17-30-20-12-5-2-6-13-20)27-25(18-9-3-1-4-10-18)22-15-19-11-7-8-14-21(19)31-22/h1-15,25H,16-17H2,(H,26,29)(H,27,28). The molecule has 0 aliphatic carbocycles. The summed E-state index contributed by atoms with van der Waals surface area (Å²) in [6, 6.07) is 27.7. The molecule has 0 aliphatic heterocycles. The van der Waals surface area contributed by atoms with Crippen LogP contribution in [0.4, 0.5) is 0 Å². The van der Waals surface area contributed by atoms with Gasteiger partial charge < -0.3 is 19.8 Å². The second-order valence-corrected chi connectivity index (χ2v) is 6.98. The summed E-state index contributed by atoms with van der Waals surface area (Å²) in [4.78, 5) is 24.6. The lowest BCUT2D eigenvalue weighted by Crippen LogP contribution is -2.40. The lowest BCUT2D eigenvalue weighted by molar-refractivity contribution is -0.127. The number of para-hydroxylation sites is 2. The van der Waals surface area contributed by atoms with Crippen LogP contribution in [0.25, 0.3) is 11.0 Å². The Morgan fingerprint density at radius 3 is 2.26 bits per heavy atom. The molecule has 0 aliphatic rings. The number of nitrogens with one attached hydrogen (secondary N) is 2. The number of ether oxygens (including phenoxy) is 1. The van der Waals surface area contributed by atoms with Crippen molar-refractivity contribution in [3.05, 3.63) is 102 Å². The molecule has 31 heavy (non-hydrogen) atoms. The fourth-order valence-electron chi connectivity index (χ4n) is 3.22. The molecule has 4 rings (SSSR count). The van der Waals surface area contributed by atoms with Gasteiger partial charge in [-0.3, -0.25) is 9.59 Å². The highest BCUT2D eigenvalue weighted by molar-refractivity contribution is 5.86. The minimum Gasteiger partial charge on any atom is -0.484 e. The Kier molecular flexibility index (Phi) is 6.28. The summed E-state index contributed by atoms with van der Waals surface area (Å²) in [6.45, 7) is -0.330. The van der Waals surface area contributed by atoms with Gasteiger partial charge in [-0.2, -0.15) is 0 Å². The van der Waals surface area contributed by atoms with Crippen molar-refractivity contribution in [1.82, 2.24) is 10.6 Å². The SMILES string of the molecule is O=C(COc1ccccc1)NCC(=O)NC(c1ccccc1)c1cc2ccccc2o1. The summed E-state index contributed by atoms with van der Waals surface area (Å²) in [7, 11) is 0. The van der Waals surface area contributed by atoms with Gasteiger partial charge in [-0.1, -0.05) is 66.7 Å². The first-order valence-electron chi connectivity index (χ1n) is 9.96. The Morgan fingerprint density at radius 1 is 0.839 bits per heavy atom. The molecule has 1 aromatic heterocycles. The zero-order valence-electron chi connectivity index (χ0n) is 16.8. The molecule has 0 saturated carbocycles. The first kappa shape index (κ1) is 20.2. The summed E-state index contributed by atoms with van der Waals surface area (Å²) in [5.41, 5.74) is 1.63. The zero-order chi connectivity index (χ0) is 21.5. The van der Waals surface area contributed by atoms with Crippen molar-refractivity contribution < 1.29 is 18.7 Å². The van der Waals surface area contributed by atoms with Crippen molar-refractivity contribution in [3.8, 4) is 5.75 Å². The van der Waals surface area contributed by atoms with E-state index in [0.717, 1.165) is 16.5 Å². The Morgan fingerprint density at radius 2 is 1.52 bits per heavy atom. The number of furan rings is 1. The first-order valence-corrected chi connectivity index (χ1v) is 9.96. The van der Waals surface area contributed by atoms with Crippen LogP contribution in [-0.2, 0) is 9.59 Å². The maximum atomic E-state index is 12.6. The van der Waals surface area contributed by atoms with Crippen molar-refractivity contribution >= 4 is 22.8 Å². The number of fused-ring (bicyclic) bond motifs is 1. The molecule has 156 valence electrons. The highest BCUT2D eigenvalue weighted by atomic mass is 16.5. The van der Waals surface area contributed by atoms with Crippen molar-refractivity contribution in [2.24, 2.45) is 0 Å². The second-order valence-electron chi connectivity index (χ2n) is 6.98. The molecule has 0 spiro atoms. The largest absolute Gasteiger partial charge is 0.484 e. The van der Waals surface area contributed by atoms with E-state index in [1.54, 1.807) is 12.1 Å². The van der Waals surface area contributed by atoms with Crippen LogP contribution >= 0.6 is 0 Å². The summed E-state index contributed by atoms with van der Waals surface area (Å²) in [5.74, 6) is 0.511. The Labute approximate surface area is 179 Å². The Bertz CT molecular complexity index is 1120. The summed E-state index contributed by atoms with van der Waals surface area (Å²) in [6.07, 6.45) is 0. The lowest BCUT2D eigenvalue weighted by Gasteiger charge is -2.17. The van der Waals surface area contributed by atoms with Crippen LogP contribution in [-0.4, -0.2) is 25.0 Å². The van der Waals surface area contributed by atoms with Crippen LogP contribution in [0.3, 0.4) is 0 Å². The number of amides is 2. The smallest absolute Gasteiger partial charge is 0.258 e. The summed E-state index contributed by atoms with van der Waals surface area (Å²) in [5, 5.41) is 6.49. The van der Waals surface area contributed by atoms with Gasteiger partial charge in [0.15, 0.2) is 6.61 Å². The highest BCUT2D eigenvalue weighted by Crippen LogP contribution is 2.28. The fraction of sp³-hybridized carbons (Fsp3) is 0.120. The van der Waals surface area contributed by atoms with E-state index in [1.807, 2.05) is 78.9 Å². The number of hydrogen-bond donors (Lipinski definition) is 2. The molecule has 6 nitrogen and oxygen atoms in total. The maximum Gasteiger partial charge on any atom is 0.258 e. The Hall–Kier alpha value is -4.06. The fourth-order valence-corrected chi connectivity index (χ4v) is 3.22. The van der Waals surface area contributed by atoms with Crippen molar-refractivity contribution in [3.63, 3.8) is 0 Å². The molecule has 0 saturated heterocycles. The molecule has 0 fully saturated rings. The van der Waals surface area contributed by atoms with Crippen LogP contribution in [0.5, 0.6) is 5.75 Å². The summed E-state index contributed by atoms with van der Waals surface area (Å²) < 4.78 is 11.4. The van der Waals surface area contributed by atoms with E-state index in [4.69, 9.17) is 9.15 Å². The van der Waals surface area contributed by atoms with Gasteiger partial charge in [0.05, 0.1) is 6.54 Å². The molecular formula is C25H22N2O4. The third kappa shape index (κ3) is 5.30. The predicted molar refractivity (Wildman–Crippen MR) is 118 cm³/mol. The normalized spacial score (nSPS) is 11.6. The number of benzene rings is 3. The minimum absolute atomic E-state index is 0.164. The van der Waals surface area contributed by atoms with Crippen molar-refractivity contribution in [2.75, 3.05) is 13.2 Å². The van der Waals surface area contributed by atoms with E-state index in [1.165, 1.54) is 0 Å². The van der Waals surface area contributed by atoms with Gasteiger partial charge in [-0.25, -0.2) is 0 Å². The van der Waals surface area contributed by atoms with Crippen LogP contribution in [0.2, 0.25) is 0 Å². The van der Waals surface area contributed by atoms with E-state index in [-0.39, 0.29) is 25.0 Å². The Balaban J connectivity index is 1.39. The van der Waals surface area contributed by atoms with Crippen molar-refractivity contribution in [2.45, 2.75) is 6.04 Å². The third-order valence-electron chi connectivity index (χ3n) is 4.73. The van der Waals surface area contributed by atoms with Crippen molar-refractivity contribution in [1.29, 1.82) is 0 Å². The maximum absolute atomic E-state index is 12.6. The molecule has 2 amide bonds. The van der Waals surface area contributed by atoms with Gasteiger partial charge in [0.2, 0.25) is 5.91 Å². The lowest BCUT2D eigenvalue weighted by atomic mass is 10.0. The zero-order valence-corrected chi connectivity index (χ0v) is 16.8. The predicted octanol–water partition coefficient (Wildman–Crippen LogP) is 3.83. The molecule has 1 atom stereocenters. The van der Waals surface area contributed by atoms with Gasteiger partial charge >= 0.3 is 0 Å². The second kappa shape index (κ2) is 9.63. The van der Waals surface area contributed by atoms with Gasteiger partial charge in [0.25, 0.3) is 5.91 Å². The molecule has 3 aromatic carbocycles. The molecule has 0 bridgehead atoms. The van der Waals surface area contributed by atoms with Gasteiger partial charge in [-0.15, -0.1) is 0 Å². The average molecular weight is 414 g/mol. The number of rotatable bonds is 8. The van der Waals surface area contributed by atoms with Crippen LogP contribution in [0.1, 0.15) is 17.4 Å². The van der Waals surface area contributed by atoms with E-state index in [9.17, 15) is 9.59 Å². The van der Waals surface area contributed by atoms with E-state index < -0.39 is 6.04 Å². The molecule has 0 radical (unpaired) electrons. The minimum atomic E-state index is -0.474. The van der Waals surface area contributed by atoms with E-state index in [2.05, 4.69) is 10.6 Å². The van der Waals surface area contributed by atoms with Crippen LogP contribution < -0.4 is 15.4 Å². The highest BCUT2D eigenvalue weighted by Gasteiger charge is 2.21. The molecule has 6 heteroatoms. The van der Waals surface area contributed by atoms with E-state index in [0.29, 0.717) is 11.5 Å².